The summed E-state index contributed by atoms with van der Waals surface area (Å²) in [7, 11) is -3.06. The largest absolute Gasteiger partial charge is 0.468 e. The van der Waals surface area contributed by atoms with Gasteiger partial charge in [0.05, 0.1) is 25.4 Å². The summed E-state index contributed by atoms with van der Waals surface area (Å²) in [6.45, 7) is -0.416. The maximum Gasteiger partial charge on any atom is 0.459 e. The molecule has 1 fully saturated rings. The Kier molecular flexibility index (Phi) is 10.5. The molecule has 1 saturated heterocycles. The number of halogens is 1. The minimum Gasteiger partial charge on any atom is -0.468 e. The minimum atomic E-state index is -4.28. The van der Waals surface area contributed by atoms with Gasteiger partial charge < -0.3 is 19.1 Å². The first-order valence-electron chi connectivity index (χ1n) is 12.6. The number of methoxy groups -OCH3 is 1. The van der Waals surface area contributed by atoms with Crippen molar-refractivity contribution >= 4 is 35.7 Å². The Morgan fingerprint density at radius 3 is 2.56 bits per heavy atom. The topological polar surface area (TPSA) is 158 Å². The molecule has 1 aliphatic heterocycles. The molecule has 1 aromatic heterocycles. The van der Waals surface area contributed by atoms with Crippen molar-refractivity contribution in [2.24, 2.45) is 0 Å². The number of H-pyrrole nitrogens is 1. The van der Waals surface area contributed by atoms with Crippen LogP contribution in [-0.4, -0.2) is 52.6 Å². The molecule has 14 heteroatoms. The van der Waals surface area contributed by atoms with Crippen molar-refractivity contribution in [3.05, 3.63) is 104 Å². The second kappa shape index (κ2) is 14.0. The fraction of sp³-hybridized carbons (Fsp3) is 0.296. The molecule has 4 rings (SSSR count). The second-order valence-corrected chi connectivity index (χ2v) is 11.3. The number of esters is 1. The van der Waals surface area contributed by atoms with Gasteiger partial charge in [0.25, 0.3) is 5.56 Å². The van der Waals surface area contributed by atoms with Gasteiger partial charge in [-0.2, -0.15) is 5.09 Å². The first-order chi connectivity index (χ1) is 19.7. The van der Waals surface area contributed by atoms with Gasteiger partial charge in [-0.3, -0.25) is 23.7 Å². The highest BCUT2D eigenvalue weighted by Gasteiger charge is 2.40. The number of carbonyl (C=O) groups excluding carboxylic acids is 1. The van der Waals surface area contributed by atoms with Gasteiger partial charge >= 0.3 is 19.4 Å². The lowest BCUT2D eigenvalue weighted by atomic mass is 10.1. The van der Waals surface area contributed by atoms with Gasteiger partial charge in [0, 0.05) is 12.6 Å². The van der Waals surface area contributed by atoms with E-state index >= 15 is 0 Å². The zero-order valence-corrected chi connectivity index (χ0v) is 24.4. The molecule has 1 aliphatic rings. The number of nitrogens with one attached hydrogen (secondary N) is 2. The smallest absolute Gasteiger partial charge is 0.459 e. The van der Waals surface area contributed by atoms with E-state index in [4.69, 9.17) is 18.5 Å². The number of hydrogen-bond acceptors (Lipinski definition) is 9. The van der Waals surface area contributed by atoms with Crippen LogP contribution in [-0.2, 0) is 29.8 Å². The Morgan fingerprint density at radius 2 is 1.90 bits per heavy atom. The molecule has 3 aromatic rings. The summed E-state index contributed by atoms with van der Waals surface area (Å²) in [6, 6.07) is 16.2. The molecule has 0 amide bonds. The molecule has 2 heterocycles. The number of aromatic amines is 1. The van der Waals surface area contributed by atoms with E-state index in [1.165, 1.54) is 24.4 Å². The third kappa shape index (κ3) is 8.13. The summed E-state index contributed by atoms with van der Waals surface area (Å²) in [6.07, 6.45) is -0.175. The van der Waals surface area contributed by atoms with E-state index in [1.807, 2.05) is 30.3 Å². The third-order valence-corrected chi connectivity index (χ3v) is 8.04. The number of hydrogen-bond donors (Lipinski definition) is 3. The van der Waals surface area contributed by atoms with Crippen molar-refractivity contribution in [3.8, 4) is 5.75 Å². The van der Waals surface area contributed by atoms with E-state index < -0.39 is 56.0 Å². The van der Waals surface area contributed by atoms with Crippen LogP contribution in [0.5, 0.6) is 5.75 Å². The van der Waals surface area contributed by atoms with E-state index in [2.05, 4.69) is 26.0 Å². The molecule has 0 radical (unpaired) electrons. The van der Waals surface area contributed by atoms with Crippen molar-refractivity contribution in [1.82, 2.24) is 14.6 Å². The van der Waals surface area contributed by atoms with Crippen LogP contribution in [0, 0.1) is 0 Å². The normalized spacial score (nSPS) is 20.9. The van der Waals surface area contributed by atoms with Gasteiger partial charge in [-0.1, -0.05) is 64.5 Å². The van der Waals surface area contributed by atoms with Gasteiger partial charge in [0.1, 0.15) is 24.1 Å². The number of aliphatic hydroxyl groups excluding tert-OH is 1. The highest BCUT2D eigenvalue weighted by atomic mass is 79.9. The number of aliphatic hydroxyl groups is 1. The number of benzene rings is 2. The highest BCUT2D eigenvalue weighted by molar-refractivity contribution is 9.11. The van der Waals surface area contributed by atoms with Crippen LogP contribution in [0.4, 0.5) is 0 Å². The van der Waals surface area contributed by atoms with E-state index in [1.54, 1.807) is 30.3 Å². The Morgan fingerprint density at radius 1 is 1.22 bits per heavy atom. The van der Waals surface area contributed by atoms with Crippen LogP contribution in [0.1, 0.15) is 23.8 Å². The average Bonchev–Trinajstić information content (AvgIpc) is 3.33. The molecular formula is C27H29BrN3O9P. The molecule has 0 saturated carbocycles. The van der Waals surface area contributed by atoms with Gasteiger partial charge in [-0.25, -0.2) is 9.36 Å². The van der Waals surface area contributed by atoms with Crippen LogP contribution < -0.4 is 20.9 Å². The van der Waals surface area contributed by atoms with Crippen LogP contribution in [0.15, 0.2) is 81.4 Å². The minimum absolute atomic E-state index is 0.00644. The molecule has 2 unspecified atom stereocenters. The predicted molar refractivity (Wildman–Crippen MR) is 154 cm³/mol. The van der Waals surface area contributed by atoms with Crippen molar-refractivity contribution in [1.29, 1.82) is 0 Å². The standard InChI is InChI=1S/C27H29BrN3O9P/c1-37-26(34)21(14-18-8-4-2-5-9-18)30-41(36,40-20-10-6-3-7-11-20)38-17-23-22(32)15-24(39-23)31-16-19(12-13-28)25(33)29-27(31)35/h2-13,16,21-24,32H,14-15,17H2,1H3,(H,30,36)(H,29,33,35)/t21-,22?,23+,24+,41?/m0/s1. The summed E-state index contributed by atoms with van der Waals surface area (Å²) in [5, 5.41) is 13.4. The number of aromatic nitrogens is 2. The molecule has 41 heavy (non-hydrogen) atoms. The Balaban J connectivity index is 1.54. The van der Waals surface area contributed by atoms with E-state index in [9.17, 15) is 24.1 Å². The number of para-hydroxylation sites is 1. The van der Waals surface area contributed by atoms with Crippen molar-refractivity contribution in [2.45, 2.75) is 37.3 Å². The monoisotopic (exact) mass is 649 g/mol. The molecule has 5 atom stereocenters. The van der Waals surface area contributed by atoms with Crippen LogP contribution >= 0.6 is 23.7 Å². The van der Waals surface area contributed by atoms with Gasteiger partial charge in [-0.15, -0.1) is 0 Å². The highest BCUT2D eigenvalue weighted by Crippen LogP contribution is 2.46. The fourth-order valence-corrected chi connectivity index (χ4v) is 5.97. The number of carbonyl (C=O) groups is 1. The van der Waals surface area contributed by atoms with Crippen LogP contribution in [0.3, 0.4) is 0 Å². The fourth-order valence-electron chi connectivity index (χ4n) is 4.18. The van der Waals surface area contributed by atoms with Crippen LogP contribution in [0.2, 0.25) is 0 Å². The van der Waals surface area contributed by atoms with Gasteiger partial charge in [0.15, 0.2) is 0 Å². The maximum absolute atomic E-state index is 14.0. The molecular weight excluding hydrogens is 621 g/mol. The van der Waals surface area contributed by atoms with Gasteiger partial charge in [0.2, 0.25) is 0 Å². The average molecular weight is 650 g/mol. The lowest BCUT2D eigenvalue weighted by molar-refractivity contribution is -0.142. The first kappa shape index (κ1) is 30.6. The maximum atomic E-state index is 14.0. The summed E-state index contributed by atoms with van der Waals surface area (Å²) in [4.78, 5) is 40.8. The molecule has 3 N–H and O–H groups in total. The molecule has 0 spiro atoms. The third-order valence-electron chi connectivity index (χ3n) is 6.21. The number of ether oxygens (including phenoxy) is 2. The number of nitrogens with zero attached hydrogens (tertiary/aromatic N) is 1. The Labute approximate surface area is 243 Å². The number of rotatable bonds is 12. The van der Waals surface area contributed by atoms with E-state index in [0.29, 0.717) is 0 Å². The van der Waals surface area contributed by atoms with Crippen LogP contribution in [0.25, 0.3) is 6.08 Å². The molecule has 0 bridgehead atoms. The molecule has 12 nitrogen and oxygen atoms in total. The van der Waals surface area contributed by atoms with Crippen molar-refractivity contribution < 1.29 is 33.0 Å². The lowest BCUT2D eigenvalue weighted by Crippen LogP contribution is -2.39. The Hall–Kier alpha value is -3.32. The SMILES string of the molecule is COC(=O)[C@H](Cc1ccccc1)NP(=O)(OC[C@H]1O[C@@H](n2cc(C=CBr)c(=O)[nH]c2=O)CC1O)Oc1ccccc1. The summed E-state index contributed by atoms with van der Waals surface area (Å²) >= 11 is 3.10. The molecule has 0 aliphatic carbocycles. The first-order valence-corrected chi connectivity index (χ1v) is 15.0. The second-order valence-electron chi connectivity index (χ2n) is 9.07. The van der Waals surface area contributed by atoms with Crippen molar-refractivity contribution in [2.75, 3.05) is 13.7 Å². The quantitative estimate of drug-likeness (QED) is 0.197. The van der Waals surface area contributed by atoms with Gasteiger partial charge in [-0.05, 0) is 35.2 Å². The lowest BCUT2D eigenvalue weighted by Gasteiger charge is -2.26. The summed E-state index contributed by atoms with van der Waals surface area (Å²) in [5.74, 6) is -0.470. The zero-order valence-electron chi connectivity index (χ0n) is 21.9. The van der Waals surface area contributed by atoms with Crippen molar-refractivity contribution in [3.63, 3.8) is 0 Å². The van der Waals surface area contributed by atoms with E-state index in [-0.39, 0.29) is 24.2 Å². The molecule has 218 valence electrons. The zero-order chi connectivity index (χ0) is 29.4. The summed E-state index contributed by atoms with van der Waals surface area (Å²) in [5.41, 5.74) is -0.334. The predicted octanol–water partition coefficient (Wildman–Crippen LogP) is 3.13. The Bertz CT molecular complexity index is 1510. The summed E-state index contributed by atoms with van der Waals surface area (Å²) < 4.78 is 37.4. The van der Waals surface area contributed by atoms with E-state index in [0.717, 1.165) is 10.1 Å². The molecule has 2 aromatic carbocycles.